The van der Waals surface area contributed by atoms with Gasteiger partial charge in [0.25, 0.3) is 0 Å². The highest BCUT2D eigenvalue weighted by molar-refractivity contribution is 6.31. The Kier molecular flexibility index (Phi) is 4.62. The molecule has 0 bridgehead atoms. The number of nitrogens with zero attached hydrogens (tertiary/aromatic N) is 2. The van der Waals surface area contributed by atoms with Crippen molar-refractivity contribution in [2.75, 3.05) is 33.7 Å². The van der Waals surface area contributed by atoms with Gasteiger partial charge in [0.2, 0.25) is 0 Å². The Labute approximate surface area is 115 Å². The monoisotopic (exact) mass is 267 g/mol. The Morgan fingerprint density at radius 2 is 2.00 bits per heavy atom. The second-order valence-corrected chi connectivity index (χ2v) is 5.62. The van der Waals surface area contributed by atoms with E-state index < -0.39 is 0 Å². The molecule has 4 heteroatoms. The predicted molar refractivity (Wildman–Crippen MR) is 76.9 cm³/mol. The molecule has 2 atom stereocenters. The molecule has 0 aromatic heterocycles. The fourth-order valence-electron chi connectivity index (χ4n) is 2.65. The first-order valence-electron chi connectivity index (χ1n) is 6.48. The van der Waals surface area contributed by atoms with Gasteiger partial charge in [-0.1, -0.05) is 29.8 Å². The number of halogens is 1. The molecular weight excluding hydrogens is 246 g/mol. The van der Waals surface area contributed by atoms with Gasteiger partial charge in [0.15, 0.2) is 0 Å². The van der Waals surface area contributed by atoms with Gasteiger partial charge in [-0.15, -0.1) is 0 Å². The summed E-state index contributed by atoms with van der Waals surface area (Å²) in [5, 5.41) is 0.769. The molecule has 1 aromatic carbocycles. The van der Waals surface area contributed by atoms with E-state index in [0.717, 1.165) is 30.2 Å². The van der Waals surface area contributed by atoms with E-state index in [1.54, 1.807) is 0 Å². The zero-order chi connectivity index (χ0) is 13.1. The van der Waals surface area contributed by atoms with Crippen molar-refractivity contribution in [3.8, 4) is 0 Å². The fraction of sp³-hybridized carbons (Fsp3) is 0.571. The summed E-state index contributed by atoms with van der Waals surface area (Å²) in [6, 6.07) is 8.17. The van der Waals surface area contributed by atoms with Gasteiger partial charge in [-0.3, -0.25) is 0 Å². The molecule has 0 aliphatic carbocycles. The van der Waals surface area contributed by atoms with Crippen LogP contribution in [0.4, 0.5) is 0 Å². The van der Waals surface area contributed by atoms with E-state index in [-0.39, 0.29) is 6.04 Å². The molecule has 0 radical (unpaired) electrons. The van der Waals surface area contributed by atoms with Crippen LogP contribution in [0.2, 0.25) is 5.02 Å². The topological polar surface area (TPSA) is 32.5 Å². The van der Waals surface area contributed by atoms with Crippen LogP contribution < -0.4 is 5.73 Å². The first-order chi connectivity index (χ1) is 8.59. The Bertz CT molecular complexity index is 396. The van der Waals surface area contributed by atoms with Crippen LogP contribution in [0.25, 0.3) is 0 Å². The first kappa shape index (κ1) is 13.8. The van der Waals surface area contributed by atoms with Gasteiger partial charge in [0.05, 0.1) is 0 Å². The molecule has 100 valence electrons. The first-order valence-corrected chi connectivity index (χ1v) is 6.86. The van der Waals surface area contributed by atoms with E-state index in [1.807, 2.05) is 24.3 Å². The van der Waals surface area contributed by atoms with Crippen molar-refractivity contribution < 1.29 is 0 Å². The van der Waals surface area contributed by atoms with Crippen LogP contribution in [0.15, 0.2) is 24.3 Å². The molecule has 0 amide bonds. The van der Waals surface area contributed by atoms with Crippen molar-refractivity contribution in [1.29, 1.82) is 0 Å². The quantitative estimate of drug-likeness (QED) is 0.889. The molecule has 0 saturated carbocycles. The number of benzene rings is 1. The molecule has 2 unspecified atom stereocenters. The lowest BCUT2D eigenvalue weighted by Crippen LogP contribution is -2.45. The third-order valence-electron chi connectivity index (χ3n) is 3.79. The summed E-state index contributed by atoms with van der Waals surface area (Å²) < 4.78 is 0. The summed E-state index contributed by atoms with van der Waals surface area (Å²) in [5.41, 5.74) is 7.49. The smallest absolute Gasteiger partial charge is 0.0480 e. The zero-order valence-electron chi connectivity index (χ0n) is 11.1. The van der Waals surface area contributed by atoms with Gasteiger partial charge in [0.1, 0.15) is 0 Å². The summed E-state index contributed by atoms with van der Waals surface area (Å²) in [6.45, 7) is 3.21. The molecule has 3 nitrogen and oxygen atoms in total. The largest absolute Gasteiger partial charge is 0.323 e. The van der Waals surface area contributed by atoms with Gasteiger partial charge in [-0.2, -0.15) is 0 Å². The van der Waals surface area contributed by atoms with Gasteiger partial charge in [0, 0.05) is 23.7 Å². The number of hydrogen-bond donors (Lipinski definition) is 1. The fourth-order valence-corrected chi connectivity index (χ4v) is 2.91. The molecule has 18 heavy (non-hydrogen) atoms. The maximum atomic E-state index is 6.44. The van der Waals surface area contributed by atoms with E-state index in [0.29, 0.717) is 6.04 Å². The minimum absolute atomic E-state index is 0.0377. The van der Waals surface area contributed by atoms with Crippen molar-refractivity contribution >= 4 is 11.6 Å². The molecule has 2 N–H and O–H groups in total. The minimum atomic E-state index is -0.0377. The number of likely N-dealkylation sites (N-methyl/N-ethyl adjacent to an activating group) is 2. The van der Waals surface area contributed by atoms with E-state index in [9.17, 15) is 0 Å². The summed E-state index contributed by atoms with van der Waals surface area (Å²) in [4.78, 5) is 4.71. The van der Waals surface area contributed by atoms with Gasteiger partial charge < -0.3 is 15.5 Å². The molecule has 1 aliphatic heterocycles. The lowest BCUT2D eigenvalue weighted by molar-refractivity contribution is 0.196. The standard InChI is InChI=1S/C14H22ClN3/c1-17-8-5-9-18(2)13(10-17)14(16)11-6-3-4-7-12(11)15/h3-4,6-7,13-14H,5,8-10,16H2,1-2H3. The van der Waals surface area contributed by atoms with Crippen LogP contribution in [0.3, 0.4) is 0 Å². The normalized spacial score (nSPS) is 24.8. The highest BCUT2D eigenvalue weighted by Gasteiger charge is 2.27. The minimum Gasteiger partial charge on any atom is -0.323 e. The van der Waals surface area contributed by atoms with Gasteiger partial charge >= 0.3 is 0 Å². The molecule has 2 rings (SSSR count). The van der Waals surface area contributed by atoms with E-state index in [4.69, 9.17) is 17.3 Å². The summed E-state index contributed by atoms with van der Waals surface area (Å²) >= 11 is 6.25. The van der Waals surface area contributed by atoms with Crippen LogP contribution in [-0.4, -0.2) is 49.6 Å². The van der Waals surface area contributed by atoms with Crippen LogP contribution in [-0.2, 0) is 0 Å². The van der Waals surface area contributed by atoms with E-state index >= 15 is 0 Å². The molecule has 1 aromatic rings. The maximum Gasteiger partial charge on any atom is 0.0480 e. The summed E-state index contributed by atoms with van der Waals surface area (Å²) in [7, 11) is 4.31. The Morgan fingerprint density at radius 1 is 1.28 bits per heavy atom. The Morgan fingerprint density at radius 3 is 2.72 bits per heavy atom. The molecule has 1 aliphatic rings. The molecule has 1 heterocycles. The van der Waals surface area contributed by atoms with Crippen molar-refractivity contribution in [2.45, 2.75) is 18.5 Å². The average molecular weight is 268 g/mol. The Balaban J connectivity index is 2.20. The molecule has 0 spiro atoms. The molecule has 1 saturated heterocycles. The van der Waals surface area contributed by atoms with E-state index in [2.05, 4.69) is 23.9 Å². The summed E-state index contributed by atoms with van der Waals surface area (Å²) in [5.74, 6) is 0. The van der Waals surface area contributed by atoms with Crippen LogP contribution in [0.5, 0.6) is 0 Å². The van der Waals surface area contributed by atoms with Crippen molar-refractivity contribution in [2.24, 2.45) is 5.73 Å². The number of rotatable bonds is 2. The summed E-state index contributed by atoms with van der Waals surface area (Å²) in [6.07, 6.45) is 1.19. The van der Waals surface area contributed by atoms with Crippen LogP contribution in [0.1, 0.15) is 18.0 Å². The Hall–Kier alpha value is -0.610. The van der Waals surface area contributed by atoms with Gasteiger partial charge in [-0.25, -0.2) is 0 Å². The molecular formula is C14H22ClN3. The highest BCUT2D eigenvalue weighted by Crippen LogP contribution is 2.26. The van der Waals surface area contributed by atoms with Crippen LogP contribution >= 0.6 is 11.6 Å². The lowest BCUT2D eigenvalue weighted by Gasteiger charge is -2.33. The second-order valence-electron chi connectivity index (χ2n) is 5.21. The van der Waals surface area contributed by atoms with Crippen molar-refractivity contribution in [3.63, 3.8) is 0 Å². The zero-order valence-corrected chi connectivity index (χ0v) is 11.9. The van der Waals surface area contributed by atoms with Crippen molar-refractivity contribution in [1.82, 2.24) is 9.80 Å². The third kappa shape index (κ3) is 3.04. The van der Waals surface area contributed by atoms with Crippen LogP contribution in [0, 0.1) is 0 Å². The SMILES string of the molecule is CN1CCCN(C)C(C(N)c2ccccc2Cl)C1. The lowest BCUT2D eigenvalue weighted by atomic mass is 9.99. The number of nitrogens with two attached hydrogens (primary N) is 1. The number of hydrogen-bond acceptors (Lipinski definition) is 3. The third-order valence-corrected chi connectivity index (χ3v) is 4.14. The maximum absolute atomic E-state index is 6.44. The van der Waals surface area contributed by atoms with E-state index in [1.165, 1.54) is 6.42 Å². The van der Waals surface area contributed by atoms with Gasteiger partial charge in [-0.05, 0) is 45.2 Å². The predicted octanol–water partition coefficient (Wildman–Crippen LogP) is 1.98. The average Bonchev–Trinajstić information content (AvgIpc) is 2.51. The molecule has 1 fully saturated rings. The second kappa shape index (κ2) is 6.02. The highest BCUT2D eigenvalue weighted by atomic mass is 35.5. The van der Waals surface area contributed by atoms with Crippen molar-refractivity contribution in [3.05, 3.63) is 34.9 Å².